The van der Waals surface area contributed by atoms with Gasteiger partial charge in [-0.15, -0.1) is 10.2 Å². The fraction of sp³-hybridized carbons (Fsp3) is 0.154. The second-order valence-electron chi connectivity index (χ2n) is 3.71. The molecule has 0 bridgehead atoms. The van der Waals surface area contributed by atoms with Crippen molar-refractivity contribution in [2.24, 2.45) is 0 Å². The van der Waals surface area contributed by atoms with Crippen LogP contribution < -0.4 is 0 Å². The summed E-state index contributed by atoms with van der Waals surface area (Å²) in [6, 6.07) is 10.6. The predicted molar refractivity (Wildman–Crippen MR) is 65.8 cm³/mol. The van der Waals surface area contributed by atoms with Gasteiger partial charge < -0.3 is 9.47 Å². The van der Waals surface area contributed by atoms with Gasteiger partial charge in [0.25, 0.3) is 6.29 Å². The minimum Gasteiger partial charge on any atom is -0.420 e. The van der Waals surface area contributed by atoms with Gasteiger partial charge in [-0.1, -0.05) is 30.3 Å². The third-order valence-corrected chi connectivity index (χ3v) is 2.25. The second-order valence-corrected chi connectivity index (χ2v) is 3.71. The van der Waals surface area contributed by atoms with Gasteiger partial charge >= 0.3 is 11.9 Å². The highest BCUT2D eigenvalue weighted by molar-refractivity contribution is 5.92. The Labute approximate surface area is 114 Å². The molecule has 102 valence electrons. The van der Waals surface area contributed by atoms with E-state index in [2.05, 4.69) is 15.4 Å². The molecule has 7 heteroatoms. The molecule has 0 atom stereocenters. The number of hydrogen-bond donors (Lipinski definition) is 0. The third kappa shape index (κ3) is 4.13. The van der Waals surface area contributed by atoms with Crippen LogP contribution in [0.2, 0.25) is 0 Å². The molecule has 0 radical (unpaired) electrons. The van der Waals surface area contributed by atoms with Crippen molar-refractivity contribution in [1.82, 2.24) is 15.4 Å². The molecule has 0 aliphatic carbocycles. The summed E-state index contributed by atoms with van der Waals surface area (Å²) in [5.41, 5.74) is 0.661. The minimum atomic E-state index is -0.884. The van der Waals surface area contributed by atoms with Gasteiger partial charge in [0.1, 0.15) is 6.42 Å². The summed E-state index contributed by atoms with van der Waals surface area (Å²) in [7, 11) is 0. The normalized spacial score (nSPS) is 14.6. The number of hydrogen-bond acceptors (Lipinski definition) is 7. The molecule has 0 amide bonds. The summed E-state index contributed by atoms with van der Waals surface area (Å²) in [4.78, 5) is 21.9. The van der Waals surface area contributed by atoms with E-state index >= 15 is 0 Å². The molecular weight excluding hydrogens is 262 g/mol. The lowest BCUT2D eigenvalue weighted by Crippen LogP contribution is -2.26. The van der Waals surface area contributed by atoms with Gasteiger partial charge in [0.15, 0.2) is 0 Å². The van der Waals surface area contributed by atoms with E-state index in [-0.39, 0.29) is 6.42 Å². The van der Waals surface area contributed by atoms with Gasteiger partial charge in [-0.25, -0.2) is 0 Å². The zero-order chi connectivity index (χ0) is 14.2. The molecule has 1 saturated heterocycles. The lowest BCUT2D eigenvalue weighted by Gasteiger charge is -2.22. The van der Waals surface area contributed by atoms with Crippen molar-refractivity contribution in [1.29, 1.82) is 0 Å². The van der Waals surface area contributed by atoms with Crippen molar-refractivity contribution in [3.05, 3.63) is 54.4 Å². The zero-order valence-electron chi connectivity index (χ0n) is 10.4. The van der Waals surface area contributed by atoms with E-state index in [0.717, 1.165) is 0 Å². The van der Waals surface area contributed by atoms with E-state index in [1.54, 1.807) is 42.7 Å². The Morgan fingerprint density at radius 3 is 1.95 bits per heavy atom. The average molecular weight is 273 g/mol. The monoisotopic (exact) mass is 273 g/mol. The van der Waals surface area contributed by atoms with E-state index in [0.29, 0.717) is 5.56 Å². The average Bonchev–Trinajstić information content (AvgIpc) is 2.50. The Hall–Kier alpha value is -2.83. The number of aromatic nitrogens is 3. The van der Waals surface area contributed by atoms with Gasteiger partial charge in [-0.2, -0.15) is 0 Å². The van der Waals surface area contributed by atoms with Gasteiger partial charge in [0.05, 0.1) is 12.4 Å². The molecule has 7 nitrogen and oxygen atoms in total. The SMILES string of the molecule is O=C1CC(=O)OC(c2ccccc2)O1.c1cnnnc1. The van der Waals surface area contributed by atoms with Gasteiger partial charge in [-0.05, 0) is 11.3 Å². The minimum absolute atomic E-state index is 0.302. The van der Waals surface area contributed by atoms with Crippen LogP contribution in [0.4, 0.5) is 0 Å². The van der Waals surface area contributed by atoms with Crippen LogP contribution in [-0.4, -0.2) is 27.3 Å². The molecule has 1 aromatic carbocycles. The maximum Gasteiger partial charge on any atom is 0.320 e. The highest BCUT2D eigenvalue weighted by atomic mass is 16.7. The second kappa shape index (κ2) is 6.93. The van der Waals surface area contributed by atoms with Gasteiger partial charge in [0, 0.05) is 5.56 Å². The van der Waals surface area contributed by atoms with Crippen LogP contribution in [0.1, 0.15) is 18.3 Å². The number of ether oxygens (including phenoxy) is 2. The molecule has 20 heavy (non-hydrogen) atoms. The third-order valence-electron chi connectivity index (χ3n) is 2.25. The summed E-state index contributed by atoms with van der Waals surface area (Å²) in [6.07, 6.45) is 1.97. The maximum absolute atomic E-state index is 10.9. The first-order valence-corrected chi connectivity index (χ1v) is 5.78. The van der Waals surface area contributed by atoms with Crippen molar-refractivity contribution in [3.8, 4) is 0 Å². The van der Waals surface area contributed by atoms with Crippen LogP contribution in [-0.2, 0) is 19.1 Å². The molecule has 1 fully saturated rings. The van der Waals surface area contributed by atoms with Crippen molar-refractivity contribution in [2.45, 2.75) is 12.7 Å². The number of nitrogens with zero attached hydrogens (tertiary/aromatic N) is 3. The summed E-state index contributed by atoms with van der Waals surface area (Å²) < 4.78 is 9.72. The van der Waals surface area contributed by atoms with Crippen molar-refractivity contribution in [2.75, 3.05) is 0 Å². The van der Waals surface area contributed by atoms with E-state index < -0.39 is 18.2 Å². The number of carbonyl (C=O) groups is 2. The van der Waals surface area contributed by atoms with E-state index in [9.17, 15) is 9.59 Å². The van der Waals surface area contributed by atoms with Crippen LogP contribution in [0.25, 0.3) is 0 Å². The zero-order valence-corrected chi connectivity index (χ0v) is 10.4. The van der Waals surface area contributed by atoms with Crippen LogP contribution >= 0.6 is 0 Å². The lowest BCUT2D eigenvalue weighted by atomic mass is 10.2. The smallest absolute Gasteiger partial charge is 0.320 e. The summed E-state index contributed by atoms with van der Waals surface area (Å²) >= 11 is 0. The number of rotatable bonds is 1. The molecule has 1 aromatic heterocycles. The first kappa shape index (κ1) is 13.6. The van der Waals surface area contributed by atoms with E-state index in [1.807, 2.05) is 6.07 Å². The first-order valence-electron chi connectivity index (χ1n) is 5.78. The molecule has 2 aromatic rings. The Morgan fingerprint density at radius 2 is 1.50 bits per heavy atom. The molecule has 1 aliphatic heterocycles. The van der Waals surface area contributed by atoms with Crippen molar-refractivity contribution < 1.29 is 19.1 Å². The number of esters is 2. The highest BCUT2D eigenvalue weighted by Gasteiger charge is 2.28. The standard InChI is InChI=1S/C10H8O4.C3H3N3/c11-8-6-9(12)14-10(13-8)7-4-2-1-3-5-7;1-2-4-6-5-3-1/h1-5,10H,6H2;1-3H. The predicted octanol–water partition coefficient (Wildman–Crippen LogP) is 1.05. The fourth-order valence-corrected chi connectivity index (χ4v) is 1.42. The van der Waals surface area contributed by atoms with E-state index in [1.165, 1.54) is 0 Å². The van der Waals surface area contributed by atoms with Gasteiger partial charge in [-0.3, -0.25) is 9.59 Å². The molecule has 0 saturated carbocycles. The molecule has 2 heterocycles. The van der Waals surface area contributed by atoms with Crippen molar-refractivity contribution in [3.63, 3.8) is 0 Å². The number of cyclic esters (lactones) is 2. The largest absolute Gasteiger partial charge is 0.420 e. The summed E-state index contributed by atoms with van der Waals surface area (Å²) in [5.74, 6) is -1.09. The van der Waals surface area contributed by atoms with Gasteiger partial charge in [0.2, 0.25) is 0 Å². The van der Waals surface area contributed by atoms with Crippen LogP contribution in [0, 0.1) is 0 Å². The maximum atomic E-state index is 10.9. The van der Waals surface area contributed by atoms with Crippen LogP contribution in [0.3, 0.4) is 0 Å². The highest BCUT2D eigenvalue weighted by Crippen LogP contribution is 2.23. The molecule has 3 rings (SSSR count). The Balaban J connectivity index is 0.000000205. The molecule has 1 aliphatic rings. The van der Waals surface area contributed by atoms with E-state index in [4.69, 9.17) is 9.47 Å². The molecular formula is C13H11N3O4. The fourth-order valence-electron chi connectivity index (χ4n) is 1.42. The summed E-state index contributed by atoms with van der Waals surface area (Å²) in [5, 5.41) is 10.1. The first-order chi connectivity index (χ1) is 9.75. The topological polar surface area (TPSA) is 91.3 Å². The van der Waals surface area contributed by atoms with Crippen molar-refractivity contribution >= 4 is 11.9 Å². The number of carbonyl (C=O) groups excluding carboxylic acids is 2. The Kier molecular flexibility index (Phi) is 4.71. The lowest BCUT2D eigenvalue weighted by molar-refractivity contribution is -0.204. The molecule has 0 spiro atoms. The quantitative estimate of drug-likeness (QED) is 0.566. The Bertz CT molecular complexity index is 520. The molecule has 0 N–H and O–H groups in total. The number of benzene rings is 1. The van der Waals surface area contributed by atoms with Crippen LogP contribution in [0.5, 0.6) is 0 Å². The van der Waals surface area contributed by atoms with Crippen LogP contribution in [0.15, 0.2) is 48.8 Å². The summed E-state index contributed by atoms with van der Waals surface area (Å²) in [6.45, 7) is 0. The molecule has 0 unspecified atom stereocenters. The Morgan fingerprint density at radius 1 is 0.900 bits per heavy atom.